The van der Waals surface area contributed by atoms with Gasteiger partial charge in [0.05, 0.1) is 18.8 Å². The Morgan fingerprint density at radius 1 is 1.38 bits per heavy atom. The molecule has 2 N–H and O–H groups in total. The van der Waals surface area contributed by atoms with E-state index in [1.165, 1.54) is 6.42 Å². The van der Waals surface area contributed by atoms with Gasteiger partial charge in [-0.15, -0.1) is 0 Å². The lowest BCUT2D eigenvalue weighted by molar-refractivity contribution is 0.0421. The molecule has 1 unspecified atom stereocenters. The lowest BCUT2D eigenvalue weighted by Crippen LogP contribution is -2.50. The normalized spacial score (nSPS) is 15.4. The summed E-state index contributed by atoms with van der Waals surface area (Å²) in [5.74, 6) is 0.742. The number of ether oxygens (including phenoxy) is 1. The average molecular weight is 231 g/mol. The molecule has 0 aromatic rings. The predicted molar refractivity (Wildman–Crippen MR) is 68.7 cm³/mol. The first-order valence-corrected chi connectivity index (χ1v) is 6.47. The molecule has 3 nitrogen and oxygen atoms in total. The minimum absolute atomic E-state index is 0.122. The van der Waals surface area contributed by atoms with E-state index in [0.29, 0.717) is 6.61 Å². The molecule has 1 atom stereocenters. The van der Waals surface area contributed by atoms with Crippen LogP contribution in [-0.4, -0.2) is 37.0 Å². The van der Waals surface area contributed by atoms with Gasteiger partial charge in [0.15, 0.2) is 0 Å². The van der Waals surface area contributed by atoms with E-state index in [9.17, 15) is 5.11 Å². The summed E-state index contributed by atoms with van der Waals surface area (Å²) in [6.45, 7) is 11.0. The van der Waals surface area contributed by atoms with Gasteiger partial charge in [0, 0.05) is 6.61 Å². The van der Waals surface area contributed by atoms with E-state index in [1.807, 2.05) is 6.92 Å². The van der Waals surface area contributed by atoms with E-state index >= 15 is 0 Å². The highest BCUT2D eigenvalue weighted by Gasteiger charge is 2.22. The molecule has 0 saturated heterocycles. The molecule has 0 rings (SSSR count). The number of hydrogen-bond donors (Lipinski definition) is 2. The van der Waals surface area contributed by atoms with Crippen LogP contribution >= 0.6 is 0 Å². The molecule has 16 heavy (non-hydrogen) atoms. The van der Waals surface area contributed by atoms with Crippen molar-refractivity contribution < 1.29 is 9.84 Å². The molecule has 0 saturated carbocycles. The van der Waals surface area contributed by atoms with Crippen LogP contribution in [0.3, 0.4) is 0 Å². The maximum absolute atomic E-state index is 9.31. The second-order valence-corrected chi connectivity index (χ2v) is 5.23. The molecule has 0 aromatic carbocycles. The van der Waals surface area contributed by atoms with Gasteiger partial charge in [0.2, 0.25) is 0 Å². The molecule has 0 aliphatic heterocycles. The molecule has 0 heterocycles. The van der Waals surface area contributed by atoms with Crippen molar-refractivity contribution in [1.82, 2.24) is 5.32 Å². The molecule has 98 valence electrons. The topological polar surface area (TPSA) is 41.5 Å². The summed E-state index contributed by atoms with van der Waals surface area (Å²) in [5, 5.41) is 12.6. The van der Waals surface area contributed by atoms with Gasteiger partial charge >= 0.3 is 0 Å². The molecule has 0 amide bonds. The number of rotatable bonds is 10. The fourth-order valence-electron chi connectivity index (χ4n) is 1.47. The summed E-state index contributed by atoms with van der Waals surface area (Å²) in [5.41, 5.74) is -0.284. The van der Waals surface area contributed by atoms with Crippen LogP contribution in [0.15, 0.2) is 0 Å². The average Bonchev–Trinajstić information content (AvgIpc) is 2.25. The van der Waals surface area contributed by atoms with Gasteiger partial charge in [0.25, 0.3) is 0 Å². The highest BCUT2D eigenvalue weighted by atomic mass is 16.5. The van der Waals surface area contributed by atoms with Gasteiger partial charge in [-0.3, -0.25) is 0 Å². The van der Waals surface area contributed by atoms with Crippen molar-refractivity contribution in [2.45, 2.75) is 52.5 Å². The van der Waals surface area contributed by atoms with Gasteiger partial charge in [-0.25, -0.2) is 0 Å². The Morgan fingerprint density at radius 2 is 2.06 bits per heavy atom. The smallest absolute Gasteiger partial charge is 0.0668 e. The second-order valence-electron chi connectivity index (χ2n) is 5.23. The van der Waals surface area contributed by atoms with Crippen LogP contribution in [0.1, 0.15) is 47.0 Å². The van der Waals surface area contributed by atoms with Crippen molar-refractivity contribution in [3.8, 4) is 0 Å². The Kier molecular flexibility index (Phi) is 8.90. The Labute approximate surface area is 101 Å². The van der Waals surface area contributed by atoms with Gasteiger partial charge in [-0.05, 0) is 38.6 Å². The number of hydrogen-bond acceptors (Lipinski definition) is 3. The van der Waals surface area contributed by atoms with E-state index in [0.717, 1.165) is 31.9 Å². The van der Waals surface area contributed by atoms with Crippen molar-refractivity contribution >= 4 is 0 Å². The van der Waals surface area contributed by atoms with E-state index in [4.69, 9.17) is 4.74 Å². The minimum Gasteiger partial charge on any atom is -0.394 e. The summed E-state index contributed by atoms with van der Waals surface area (Å²) in [4.78, 5) is 0. The van der Waals surface area contributed by atoms with Crippen LogP contribution in [0, 0.1) is 5.92 Å². The first-order chi connectivity index (χ1) is 7.54. The van der Waals surface area contributed by atoms with E-state index in [-0.39, 0.29) is 12.1 Å². The zero-order valence-electron chi connectivity index (χ0n) is 11.4. The Hall–Kier alpha value is -0.120. The van der Waals surface area contributed by atoms with Crippen molar-refractivity contribution in [2.75, 3.05) is 26.4 Å². The molecule has 0 aromatic heterocycles. The zero-order chi connectivity index (χ0) is 12.4. The van der Waals surface area contributed by atoms with Crippen molar-refractivity contribution in [1.29, 1.82) is 0 Å². The molecule has 0 bridgehead atoms. The fraction of sp³-hybridized carbons (Fsp3) is 1.00. The van der Waals surface area contributed by atoms with E-state index in [2.05, 4.69) is 26.1 Å². The summed E-state index contributed by atoms with van der Waals surface area (Å²) >= 11 is 0. The third kappa shape index (κ3) is 8.08. The van der Waals surface area contributed by atoms with Crippen LogP contribution in [0.4, 0.5) is 0 Å². The second kappa shape index (κ2) is 8.97. The highest BCUT2D eigenvalue weighted by Crippen LogP contribution is 2.06. The summed E-state index contributed by atoms with van der Waals surface area (Å²) in [7, 11) is 0. The SMILES string of the molecule is CCCNC(C)(CO)COCCCC(C)C. The number of aliphatic hydroxyl groups is 1. The molecular weight excluding hydrogens is 202 g/mol. The molecule has 0 aliphatic rings. The quantitative estimate of drug-likeness (QED) is 0.566. The van der Waals surface area contributed by atoms with Crippen molar-refractivity contribution in [2.24, 2.45) is 5.92 Å². The van der Waals surface area contributed by atoms with Crippen LogP contribution in [0.5, 0.6) is 0 Å². The fourth-order valence-corrected chi connectivity index (χ4v) is 1.47. The Balaban J connectivity index is 3.61. The van der Waals surface area contributed by atoms with Crippen LogP contribution < -0.4 is 5.32 Å². The first kappa shape index (κ1) is 15.9. The molecule has 0 radical (unpaired) electrons. The van der Waals surface area contributed by atoms with E-state index in [1.54, 1.807) is 0 Å². The van der Waals surface area contributed by atoms with Crippen molar-refractivity contribution in [3.63, 3.8) is 0 Å². The summed E-state index contributed by atoms with van der Waals surface area (Å²) < 4.78 is 5.61. The molecule has 3 heteroatoms. The molecule has 0 spiro atoms. The van der Waals surface area contributed by atoms with Crippen LogP contribution in [0.2, 0.25) is 0 Å². The number of aliphatic hydroxyl groups excluding tert-OH is 1. The Bertz CT molecular complexity index is 162. The lowest BCUT2D eigenvalue weighted by atomic mass is 10.1. The third-order valence-corrected chi connectivity index (χ3v) is 2.64. The summed E-state index contributed by atoms with van der Waals surface area (Å²) in [6.07, 6.45) is 3.38. The van der Waals surface area contributed by atoms with Gasteiger partial charge in [0.1, 0.15) is 0 Å². The molecule has 0 aliphatic carbocycles. The van der Waals surface area contributed by atoms with Gasteiger partial charge in [-0.2, -0.15) is 0 Å². The standard InChI is InChI=1S/C13H29NO2/c1-5-8-14-13(4,10-15)11-16-9-6-7-12(2)3/h12,14-15H,5-11H2,1-4H3. The van der Waals surface area contributed by atoms with Gasteiger partial charge < -0.3 is 15.2 Å². The maximum Gasteiger partial charge on any atom is 0.0668 e. The molecule has 0 fully saturated rings. The van der Waals surface area contributed by atoms with Crippen LogP contribution in [0.25, 0.3) is 0 Å². The lowest BCUT2D eigenvalue weighted by Gasteiger charge is -2.28. The first-order valence-electron chi connectivity index (χ1n) is 6.47. The maximum atomic E-state index is 9.31. The van der Waals surface area contributed by atoms with Crippen LogP contribution in [-0.2, 0) is 4.74 Å². The monoisotopic (exact) mass is 231 g/mol. The molecular formula is C13H29NO2. The zero-order valence-corrected chi connectivity index (χ0v) is 11.4. The Morgan fingerprint density at radius 3 is 2.56 bits per heavy atom. The highest BCUT2D eigenvalue weighted by molar-refractivity contribution is 4.81. The largest absolute Gasteiger partial charge is 0.394 e. The van der Waals surface area contributed by atoms with E-state index < -0.39 is 0 Å². The summed E-state index contributed by atoms with van der Waals surface area (Å²) in [6, 6.07) is 0. The predicted octanol–water partition coefficient (Wildman–Crippen LogP) is 2.19. The van der Waals surface area contributed by atoms with Gasteiger partial charge in [-0.1, -0.05) is 20.8 Å². The number of nitrogens with one attached hydrogen (secondary N) is 1. The minimum atomic E-state index is -0.284. The third-order valence-electron chi connectivity index (χ3n) is 2.64. The van der Waals surface area contributed by atoms with Crippen molar-refractivity contribution in [3.05, 3.63) is 0 Å².